The summed E-state index contributed by atoms with van der Waals surface area (Å²) in [5.74, 6) is 0.336. The molecule has 2 heterocycles. The number of hydrogen-bond acceptors (Lipinski definition) is 4. The fraction of sp³-hybridized carbons (Fsp3) is 0.263. The third kappa shape index (κ3) is 2.63. The van der Waals surface area contributed by atoms with Crippen molar-refractivity contribution >= 4 is 33.6 Å². The number of halogens is 1. The molecule has 4 rings (SSSR count). The fourth-order valence-electron chi connectivity index (χ4n) is 3.60. The summed E-state index contributed by atoms with van der Waals surface area (Å²) in [6.45, 7) is 1.90. The summed E-state index contributed by atoms with van der Waals surface area (Å²) < 4.78 is 11.9. The van der Waals surface area contributed by atoms with E-state index in [0.29, 0.717) is 17.7 Å². The van der Waals surface area contributed by atoms with Gasteiger partial charge in [0.25, 0.3) is 0 Å². The first-order valence-corrected chi connectivity index (χ1v) is 8.98. The molecule has 2 amide bonds. The third-order valence-electron chi connectivity index (χ3n) is 4.78. The Morgan fingerprint density at radius 3 is 2.73 bits per heavy atom. The number of urea groups is 1. The molecule has 2 atom stereocenters. The van der Waals surface area contributed by atoms with E-state index in [9.17, 15) is 9.59 Å². The highest BCUT2D eigenvalue weighted by Crippen LogP contribution is 2.46. The molecule has 2 aliphatic rings. The maximum Gasteiger partial charge on any atom is 0.337 e. The van der Waals surface area contributed by atoms with Crippen LogP contribution in [0.3, 0.4) is 0 Å². The molecule has 2 aliphatic heterocycles. The SMILES string of the molecule is COC(=O)c1ccc(N2C(=O)N[C@H]3C[C@]2(C)Oc2ccc(Br)cc23)cc1. The predicted molar refractivity (Wildman–Crippen MR) is 99.3 cm³/mol. The smallest absolute Gasteiger partial charge is 0.337 e. The van der Waals surface area contributed by atoms with Crippen LogP contribution in [0.15, 0.2) is 46.9 Å². The maximum atomic E-state index is 12.8. The normalized spacial score (nSPS) is 23.6. The first-order chi connectivity index (χ1) is 12.4. The van der Waals surface area contributed by atoms with E-state index in [1.165, 1.54) is 7.11 Å². The van der Waals surface area contributed by atoms with Gasteiger partial charge in [0.1, 0.15) is 5.75 Å². The molecule has 134 valence electrons. The molecule has 26 heavy (non-hydrogen) atoms. The number of carbonyl (C=O) groups excluding carboxylic acids is 2. The van der Waals surface area contributed by atoms with E-state index in [-0.39, 0.29) is 12.1 Å². The van der Waals surface area contributed by atoms with Crippen LogP contribution in [-0.4, -0.2) is 24.8 Å². The molecule has 1 fully saturated rings. The van der Waals surface area contributed by atoms with Crippen LogP contribution >= 0.6 is 15.9 Å². The molecule has 0 spiro atoms. The lowest BCUT2D eigenvalue weighted by atomic mass is 9.90. The summed E-state index contributed by atoms with van der Waals surface area (Å²) in [5, 5.41) is 3.05. The van der Waals surface area contributed by atoms with Gasteiger partial charge in [-0.15, -0.1) is 0 Å². The Labute approximate surface area is 159 Å². The first-order valence-electron chi connectivity index (χ1n) is 8.19. The van der Waals surface area contributed by atoms with Gasteiger partial charge in [-0.3, -0.25) is 4.90 Å². The number of fused-ring (bicyclic) bond motifs is 4. The van der Waals surface area contributed by atoms with Crippen molar-refractivity contribution in [3.63, 3.8) is 0 Å². The Bertz CT molecular complexity index is 899. The molecule has 0 aliphatic carbocycles. The van der Waals surface area contributed by atoms with Crippen LogP contribution in [0.1, 0.15) is 35.3 Å². The summed E-state index contributed by atoms with van der Waals surface area (Å²) in [6, 6.07) is 12.2. The number of anilines is 1. The molecule has 0 saturated carbocycles. The minimum atomic E-state index is -0.819. The van der Waals surface area contributed by atoms with Crippen LogP contribution < -0.4 is 15.0 Å². The van der Waals surface area contributed by atoms with Crippen LogP contribution in [0.4, 0.5) is 10.5 Å². The Kier molecular flexibility index (Phi) is 3.91. The predicted octanol–water partition coefficient (Wildman–Crippen LogP) is 4.01. The number of nitrogens with one attached hydrogen (secondary N) is 1. The average molecular weight is 417 g/mol. The molecule has 0 unspecified atom stereocenters. The van der Waals surface area contributed by atoms with E-state index in [1.54, 1.807) is 29.2 Å². The number of methoxy groups -OCH3 is 1. The number of rotatable bonds is 2. The van der Waals surface area contributed by atoms with Gasteiger partial charge in [0.2, 0.25) is 0 Å². The summed E-state index contributed by atoms with van der Waals surface area (Å²) in [5.41, 5.74) is 1.22. The highest BCUT2D eigenvalue weighted by molar-refractivity contribution is 9.10. The second kappa shape index (κ2) is 6.02. The number of amides is 2. The van der Waals surface area contributed by atoms with Gasteiger partial charge < -0.3 is 14.8 Å². The molecule has 2 aromatic carbocycles. The second-order valence-corrected chi connectivity index (χ2v) is 7.45. The third-order valence-corrected chi connectivity index (χ3v) is 5.27. The molecule has 6 nitrogen and oxygen atoms in total. The maximum absolute atomic E-state index is 12.8. The lowest BCUT2D eigenvalue weighted by molar-refractivity contribution is 0.0378. The van der Waals surface area contributed by atoms with Crippen LogP contribution in [-0.2, 0) is 4.74 Å². The minimum absolute atomic E-state index is 0.112. The number of benzene rings is 2. The molecule has 0 aromatic heterocycles. The molecule has 1 saturated heterocycles. The van der Waals surface area contributed by atoms with Crippen LogP contribution in [0.25, 0.3) is 0 Å². The lowest BCUT2D eigenvalue weighted by Crippen LogP contribution is -2.65. The van der Waals surface area contributed by atoms with Gasteiger partial charge in [-0.2, -0.15) is 0 Å². The van der Waals surface area contributed by atoms with E-state index in [4.69, 9.17) is 9.47 Å². The largest absolute Gasteiger partial charge is 0.467 e. The van der Waals surface area contributed by atoms with E-state index in [1.807, 2.05) is 25.1 Å². The van der Waals surface area contributed by atoms with Crippen molar-refractivity contribution in [3.05, 3.63) is 58.1 Å². The van der Waals surface area contributed by atoms with Gasteiger partial charge in [0.15, 0.2) is 5.72 Å². The lowest BCUT2D eigenvalue weighted by Gasteiger charge is -2.50. The standard InChI is InChI=1S/C19H17BrN2O4/c1-19-10-15(14-9-12(20)5-8-16(14)26-19)21-18(24)22(19)13-6-3-11(4-7-13)17(23)25-2/h3-9,15H,10H2,1-2H3,(H,21,24)/t15-,19-/m0/s1. The van der Waals surface area contributed by atoms with Crippen molar-refractivity contribution in [1.82, 2.24) is 5.32 Å². The van der Waals surface area contributed by atoms with Gasteiger partial charge in [-0.05, 0) is 49.4 Å². The van der Waals surface area contributed by atoms with Crippen LogP contribution in [0.5, 0.6) is 5.75 Å². The monoisotopic (exact) mass is 416 g/mol. The molecular formula is C19H17BrN2O4. The summed E-state index contributed by atoms with van der Waals surface area (Å²) in [7, 11) is 1.33. The van der Waals surface area contributed by atoms with Gasteiger partial charge >= 0.3 is 12.0 Å². The zero-order valence-electron chi connectivity index (χ0n) is 14.3. The van der Waals surface area contributed by atoms with Crippen molar-refractivity contribution in [2.75, 3.05) is 12.0 Å². The van der Waals surface area contributed by atoms with E-state index in [0.717, 1.165) is 15.8 Å². The molecule has 2 bridgehead atoms. The first kappa shape index (κ1) is 16.9. The molecule has 1 N–H and O–H groups in total. The van der Waals surface area contributed by atoms with Crippen molar-refractivity contribution < 1.29 is 19.1 Å². The Morgan fingerprint density at radius 1 is 1.31 bits per heavy atom. The summed E-state index contributed by atoms with van der Waals surface area (Å²) >= 11 is 3.47. The molecule has 2 aromatic rings. The number of esters is 1. The number of ether oxygens (including phenoxy) is 2. The fourth-order valence-corrected chi connectivity index (χ4v) is 3.98. The van der Waals surface area contributed by atoms with Crippen LogP contribution in [0, 0.1) is 0 Å². The van der Waals surface area contributed by atoms with Crippen molar-refractivity contribution in [2.45, 2.75) is 25.1 Å². The van der Waals surface area contributed by atoms with Gasteiger partial charge in [-0.25, -0.2) is 9.59 Å². The van der Waals surface area contributed by atoms with Crippen LogP contribution in [0.2, 0.25) is 0 Å². The zero-order valence-corrected chi connectivity index (χ0v) is 15.9. The number of hydrogen-bond donors (Lipinski definition) is 1. The number of nitrogens with zero attached hydrogens (tertiary/aromatic N) is 1. The molecule has 7 heteroatoms. The zero-order chi connectivity index (χ0) is 18.5. The number of carbonyl (C=O) groups is 2. The van der Waals surface area contributed by atoms with E-state index in [2.05, 4.69) is 21.2 Å². The van der Waals surface area contributed by atoms with Crippen molar-refractivity contribution in [1.29, 1.82) is 0 Å². The quantitative estimate of drug-likeness (QED) is 0.751. The Balaban J connectivity index is 1.71. The summed E-state index contributed by atoms with van der Waals surface area (Å²) in [4.78, 5) is 26.0. The van der Waals surface area contributed by atoms with E-state index >= 15 is 0 Å². The van der Waals surface area contributed by atoms with Crippen molar-refractivity contribution in [3.8, 4) is 5.75 Å². The summed E-state index contributed by atoms with van der Waals surface area (Å²) in [6.07, 6.45) is 0.612. The Hall–Kier alpha value is -2.54. The van der Waals surface area contributed by atoms with Crippen molar-refractivity contribution in [2.24, 2.45) is 0 Å². The molecular weight excluding hydrogens is 400 g/mol. The molecule has 0 radical (unpaired) electrons. The topological polar surface area (TPSA) is 67.9 Å². The van der Waals surface area contributed by atoms with Gasteiger partial charge in [0.05, 0.1) is 18.7 Å². The minimum Gasteiger partial charge on any atom is -0.467 e. The highest BCUT2D eigenvalue weighted by Gasteiger charge is 2.49. The highest BCUT2D eigenvalue weighted by atomic mass is 79.9. The van der Waals surface area contributed by atoms with E-state index < -0.39 is 11.7 Å². The van der Waals surface area contributed by atoms with Gasteiger partial charge in [0, 0.05) is 22.1 Å². The van der Waals surface area contributed by atoms with Gasteiger partial charge in [-0.1, -0.05) is 15.9 Å². The second-order valence-electron chi connectivity index (χ2n) is 6.54. The average Bonchev–Trinajstić information content (AvgIpc) is 2.62. The Morgan fingerprint density at radius 2 is 2.04 bits per heavy atom.